The van der Waals surface area contributed by atoms with E-state index in [1.165, 1.54) is 0 Å². The Hall–Kier alpha value is -0.900. The second kappa shape index (κ2) is 9.87. The number of aliphatic hydroxyl groups excluding tert-OH is 2. The molecule has 0 radical (unpaired) electrons. The highest BCUT2D eigenvalue weighted by Gasteiger charge is 2.25. The van der Waals surface area contributed by atoms with Crippen molar-refractivity contribution in [1.82, 2.24) is 0 Å². The quantitative estimate of drug-likeness (QED) is 0.509. The van der Waals surface area contributed by atoms with E-state index in [4.69, 9.17) is 0 Å². The monoisotopic (exact) mass is 364 g/mol. The molecular weight excluding hydrogens is 324 g/mol. The van der Waals surface area contributed by atoms with E-state index >= 15 is 0 Å². The Morgan fingerprint density at radius 3 is 2.27 bits per heavy atom. The van der Waals surface area contributed by atoms with Crippen LogP contribution in [0.3, 0.4) is 0 Å². The number of rotatable bonds is 9. The molecule has 3 N–H and O–H groups in total. The van der Waals surface area contributed by atoms with Crippen LogP contribution in [-0.4, -0.2) is 33.1 Å². The minimum atomic E-state index is -0.625. The summed E-state index contributed by atoms with van der Waals surface area (Å²) < 4.78 is 0. The van der Waals surface area contributed by atoms with E-state index in [0.29, 0.717) is 24.3 Å². The summed E-state index contributed by atoms with van der Waals surface area (Å²) in [6, 6.07) is 0. The fourth-order valence-electron chi connectivity index (χ4n) is 3.80. The van der Waals surface area contributed by atoms with Crippen molar-refractivity contribution in [3.05, 3.63) is 36.0 Å². The van der Waals surface area contributed by atoms with Crippen LogP contribution in [0.2, 0.25) is 0 Å². The molecule has 3 atom stereocenters. The summed E-state index contributed by atoms with van der Waals surface area (Å²) >= 11 is 0. The van der Waals surface area contributed by atoms with Crippen LogP contribution in [0.5, 0.6) is 0 Å². The van der Waals surface area contributed by atoms with Crippen molar-refractivity contribution in [2.24, 2.45) is 11.3 Å². The van der Waals surface area contributed by atoms with E-state index in [1.54, 1.807) is 0 Å². The smallest absolute Gasteiger partial charge is 0.0809 e. The summed E-state index contributed by atoms with van der Waals surface area (Å²) in [5, 5.41) is 29.6. The van der Waals surface area contributed by atoms with Crippen LogP contribution in [-0.2, 0) is 0 Å². The van der Waals surface area contributed by atoms with E-state index in [1.807, 2.05) is 19.9 Å². The molecule has 26 heavy (non-hydrogen) atoms. The second-order valence-corrected chi connectivity index (χ2v) is 9.65. The molecule has 0 spiro atoms. The highest BCUT2D eigenvalue weighted by atomic mass is 16.3. The molecule has 1 saturated carbocycles. The van der Waals surface area contributed by atoms with Crippen LogP contribution < -0.4 is 0 Å². The van der Waals surface area contributed by atoms with Gasteiger partial charge in [-0.05, 0) is 62.9 Å². The van der Waals surface area contributed by atoms with Crippen molar-refractivity contribution in [3.8, 4) is 0 Å². The first kappa shape index (κ1) is 23.1. The highest BCUT2D eigenvalue weighted by molar-refractivity contribution is 5.25. The first-order valence-corrected chi connectivity index (χ1v) is 10.0. The molecular formula is C23H40O3. The Bertz CT molecular complexity index is 492. The molecule has 0 aromatic heterocycles. The van der Waals surface area contributed by atoms with Gasteiger partial charge in [-0.3, -0.25) is 0 Å². The molecule has 3 nitrogen and oxygen atoms in total. The third-order valence-corrected chi connectivity index (χ3v) is 5.29. The molecule has 0 saturated heterocycles. The lowest BCUT2D eigenvalue weighted by Gasteiger charge is -2.28. The average Bonchev–Trinajstić information content (AvgIpc) is 2.47. The van der Waals surface area contributed by atoms with Crippen LogP contribution in [0.4, 0.5) is 0 Å². The van der Waals surface area contributed by atoms with E-state index in [2.05, 4.69) is 39.5 Å². The molecule has 1 rings (SSSR count). The second-order valence-electron chi connectivity index (χ2n) is 9.65. The molecule has 0 heterocycles. The molecule has 150 valence electrons. The maximum absolute atomic E-state index is 9.88. The number of hydrogen-bond donors (Lipinski definition) is 3. The van der Waals surface area contributed by atoms with Crippen LogP contribution >= 0.6 is 0 Å². The minimum absolute atomic E-state index is 0.239. The number of hydrogen-bond acceptors (Lipinski definition) is 3. The summed E-state index contributed by atoms with van der Waals surface area (Å²) in [5.74, 6) is 0.647. The Kier molecular flexibility index (Phi) is 8.78. The zero-order valence-electron chi connectivity index (χ0n) is 17.5. The summed E-state index contributed by atoms with van der Waals surface area (Å²) in [4.78, 5) is 0. The first-order valence-electron chi connectivity index (χ1n) is 10.0. The molecule has 1 aliphatic rings. The lowest BCUT2D eigenvalue weighted by molar-refractivity contribution is 0.0663. The molecule has 3 heteroatoms. The Morgan fingerprint density at radius 2 is 1.73 bits per heavy atom. The van der Waals surface area contributed by atoms with Gasteiger partial charge in [0.05, 0.1) is 17.8 Å². The Labute approximate surface area is 160 Å². The fraction of sp³-hybridized carbons (Fsp3) is 0.739. The van der Waals surface area contributed by atoms with Crippen LogP contribution in [0.15, 0.2) is 36.0 Å². The van der Waals surface area contributed by atoms with Crippen molar-refractivity contribution < 1.29 is 15.3 Å². The lowest BCUT2D eigenvalue weighted by Crippen LogP contribution is -2.27. The van der Waals surface area contributed by atoms with Crippen molar-refractivity contribution in [3.63, 3.8) is 0 Å². The van der Waals surface area contributed by atoms with Gasteiger partial charge in [-0.1, -0.05) is 64.0 Å². The molecule has 1 fully saturated rings. The maximum Gasteiger partial charge on any atom is 0.0809 e. The van der Waals surface area contributed by atoms with E-state index in [0.717, 1.165) is 37.7 Å². The molecule has 0 aliphatic heterocycles. The normalized spacial score (nSPS) is 23.5. The van der Waals surface area contributed by atoms with Gasteiger partial charge in [0, 0.05) is 0 Å². The van der Waals surface area contributed by atoms with E-state index in [-0.39, 0.29) is 5.41 Å². The molecule has 1 aliphatic carbocycles. The predicted molar refractivity (Wildman–Crippen MR) is 110 cm³/mol. The lowest BCUT2D eigenvalue weighted by atomic mass is 9.79. The zero-order chi connectivity index (χ0) is 20.0. The van der Waals surface area contributed by atoms with Gasteiger partial charge in [0.1, 0.15) is 0 Å². The van der Waals surface area contributed by atoms with Crippen molar-refractivity contribution in [2.45, 2.75) is 97.4 Å². The maximum atomic E-state index is 9.88. The van der Waals surface area contributed by atoms with Gasteiger partial charge >= 0.3 is 0 Å². The third-order valence-electron chi connectivity index (χ3n) is 5.29. The van der Waals surface area contributed by atoms with Gasteiger partial charge < -0.3 is 15.3 Å². The standard InChI is InChI=1S/C23H40O3/c1-17(10-9-13-23(5,6)26)16-22(3,4)12-8-7-11-19-14-20(24)18(2)21(25)15-19/h7-8,11,17,20-21,24-26H,2,9-10,12-16H2,1,3-6H3/t17-,20+,21+/m0/s1. The van der Waals surface area contributed by atoms with E-state index in [9.17, 15) is 15.3 Å². The number of allylic oxidation sites excluding steroid dienone is 3. The molecule has 0 amide bonds. The Morgan fingerprint density at radius 1 is 1.15 bits per heavy atom. The predicted octanol–water partition coefficient (Wildman–Crippen LogP) is 4.92. The van der Waals surface area contributed by atoms with Gasteiger partial charge in [-0.15, -0.1) is 0 Å². The largest absolute Gasteiger partial charge is 0.390 e. The van der Waals surface area contributed by atoms with Gasteiger partial charge in [0.15, 0.2) is 0 Å². The van der Waals surface area contributed by atoms with Gasteiger partial charge in [0.2, 0.25) is 0 Å². The van der Waals surface area contributed by atoms with Gasteiger partial charge in [-0.2, -0.15) is 0 Å². The summed E-state index contributed by atoms with van der Waals surface area (Å²) in [6.07, 6.45) is 11.4. The molecule has 0 bridgehead atoms. The number of aliphatic hydroxyl groups is 3. The topological polar surface area (TPSA) is 60.7 Å². The van der Waals surface area contributed by atoms with Crippen LogP contribution in [0.1, 0.15) is 79.6 Å². The van der Waals surface area contributed by atoms with Crippen LogP contribution in [0.25, 0.3) is 0 Å². The van der Waals surface area contributed by atoms with Gasteiger partial charge in [0.25, 0.3) is 0 Å². The molecule has 0 unspecified atom stereocenters. The first-order chi connectivity index (χ1) is 11.9. The summed E-state index contributed by atoms with van der Waals surface area (Å²) in [5.41, 5.74) is 1.29. The zero-order valence-corrected chi connectivity index (χ0v) is 17.5. The molecule has 0 aromatic rings. The minimum Gasteiger partial charge on any atom is -0.390 e. The summed E-state index contributed by atoms with van der Waals surface area (Å²) in [6.45, 7) is 14.4. The molecule has 0 aromatic carbocycles. The van der Waals surface area contributed by atoms with Crippen molar-refractivity contribution in [2.75, 3.05) is 0 Å². The average molecular weight is 365 g/mol. The van der Waals surface area contributed by atoms with Crippen molar-refractivity contribution >= 4 is 0 Å². The summed E-state index contributed by atoms with van der Waals surface area (Å²) in [7, 11) is 0. The SMILES string of the molecule is C=C1[C@H](O)CC(=CC=CCC(C)(C)C[C@@H](C)CCCC(C)(C)O)C[C@H]1O. The van der Waals surface area contributed by atoms with E-state index < -0.39 is 17.8 Å². The third kappa shape index (κ3) is 9.16. The highest BCUT2D eigenvalue weighted by Crippen LogP contribution is 2.32. The van der Waals surface area contributed by atoms with Gasteiger partial charge in [-0.25, -0.2) is 0 Å². The van der Waals surface area contributed by atoms with Crippen LogP contribution in [0, 0.1) is 11.3 Å². The fourth-order valence-corrected chi connectivity index (χ4v) is 3.80. The van der Waals surface area contributed by atoms with Crippen molar-refractivity contribution in [1.29, 1.82) is 0 Å². The Balaban J connectivity index is 2.41.